The Kier molecular flexibility index (Phi) is 7.91. The molecule has 0 fully saturated rings. The van der Waals surface area contributed by atoms with Gasteiger partial charge in [-0.2, -0.15) is 0 Å². The Balaban J connectivity index is 1.58. The van der Waals surface area contributed by atoms with E-state index in [4.69, 9.17) is 18.9 Å². The van der Waals surface area contributed by atoms with Gasteiger partial charge >= 0.3 is 5.97 Å². The van der Waals surface area contributed by atoms with Crippen molar-refractivity contribution in [2.24, 2.45) is 0 Å². The molecule has 0 spiro atoms. The fourth-order valence-electron chi connectivity index (χ4n) is 3.47. The lowest BCUT2D eigenvalue weighted by atomic mass is 10.1. The minimum absolute atomic E-state index is 0.122. The summed E-state index contributed by atoms with van der Waals surface area (Å²) < 4.78 is 77.5. The normalized spacial score (nSPS) is 11.2. The Morgan fingerprint density at radius 2 is 1.74 bits per heavy atom. The Bertz CT molecular complexity index is 1600. The third-order valence-electron chi connectivity index (χ3n) is 5.17. The molecule has 9 nitrogen and oxygen atoms in total. The van der Waals surface area contributed by atoms with Gasteiger partial charge in [0.05, 0.1) is 24.9 Å². The molecule has 0 amide bonds. The molecular formula is C26H22F2N2O7S. The zero-order chi connectivity index (χ0) is 27.3. The third kappa shape index (κ3) is 5.92. The number of pyridine rings is 1. The van der Waals surface area contributed by atoms with E-state index >= 15 is 0 Å². The molecule has 1 aromatic heterocycles. The van der Waals surface area contributed by atoms with Gasteiger partial charge < -0.3 is 18.9 Å². The summed E-state index contributed by atoms with van der Waals surface area (Å²) in [5.41, 5.74) is 0.291. The summed E-state index contributed by atoms with van der Waals surface area (Å²) in [5, 5.41) is 0.455. The van der Waals surface area contributed by atoms with Gasteiger partial charge in [-0.25, -0.2) is 22.0 Å². The fraction of sp³-hybridized carbons (Fsp3) is 0.154. The molecule has 0 radical (unpaired) electrons. The highest BCUT2D eigenvalue weighted by Crippen LogP contribution is 2.38. The van der Waals surface area contributed by atoms with Crippen molar-refractivity contribution in [3.8, 4) is 23.0 Å². The largest absolute Gasteiger partial charge is 0.493 e. The summed E-state index contributed by atoms with van der Waals surface area (Å²) in [4.78, 5) is 15.3. The van der Waals surface area contributed by atoms with E-state index in [0.717, 1.165) is 18.2 Å². The van der Waals surface area contributed by atoms with Gasteiger partial charge in [0.1, 0.15) is 16.5 Å². The number of nitrogens with one attached hydrogen (secondary N) is 1. The highest BCUT2D eigenvalue weighted by molar-refractivity contribution is 7.92. The van der Waals surface area contributed by atoms with Crippen LogP contribution >= 0.6 is 0 Å². The summed E-state index contributed by atoms with van der Waals surface area (Å²) in [7, 11) is -2.87. The van der Waals surface area contributed by atoms with E-state index in [1.54, 1.807) is 13.0 Å². The lowest BCUT2D eigenvalue weighted by Crippen LogP contribution is -2.14. The minimum atomic E-state index is -4.28. The van der Waals surface area contributed by atoms with Crippen LogP contribution in [0.4, 0.5) is 14.5 Å². The number of rotatable bonds is 10. The highest BCUT2D eigenvalue weighted by Gasteiger charge is 2.20. The van der Waals surface area contributed by atoms with Gasteiger partial charge in [-0.3, -0.25) is 9.71 Å². The van der Waals surface area contributed by atoms with E-state index in [1.807, 2.05) is 0 Å². The number of methoxy groups -OCH3 is 1. The van der Waals surface area contributed by atoms with Gasteiger partial charge in [0.15, 0.2) is 29.7 Å². The number of hydrogen-bond acceptors (Lipinski definition) is 8. The fourth-order valence-corrected chi connectivity index (χ4v) is 4.60. The standard InChI is InChI=1S/C26H22F2N2O7S/c1-3-35-26(31)15-36-24-14-20-17(13-23(24)34-2)21(10-11-29-20)37-22-9-8-16(12-19(22)28)30-38(32,33)25-7-5-4-6-18(25)27/h4-14,30H,3,15H2,1-2H3. The molecule has 0 saturated heterocycles. The monoisotopic (exact) mass is 544 g/mol. The molecule has 0 saturated carbocycles. The predicted octanol–water partition coefficient (Wildman–Crippen LogP) is 5.06. The lowest BCUT2D eigenvalue weighted by molar-refractivity contribution is -0.145. The second kappa shape index (κ2) is 11.3. The SMILES string of the molecule is CCOC(=O)COc1cc2nccc(Oc3ccc(NS(=O)(=O)c4ccccc4F)cc3F)c2cc1OC. The lowest BCUT2D eigenvalue weighted by Gasteiger charge is -2.14. The molecule has 0 atom stereocenters. The number of fused-ring (bicyclic) bond motifs is 1. The second-order valence-electron chi connectivity index (χ2n) is 7.71. The van der Waals surface area contributed by atoms with Crippen LogP contribution in [0.5, 0.6) is 23.0 Å². The van der Waals surface area contributed by atoms with Crippen molar-refractivity contribution in [2.45, 2.75) is 11.8 Å². The number of ether oxygens (including phenoxy) is 4. The highest BCUT2D eigenvalue weighted by atomic mass is 32.2. The first-order valence-electron chi connectivity index (χ1n) is 11.2. The number of benzene rings is 3. The van der Waals surface area contributed by atoms with E-state index in [1.165, 1.54) is 49.7 Å². The number of hydrogen-bond donors (Lipinski definition) is 1. The van der Waals surface area contributed by atoms with Crippen molar-refractivity contribution in [3.05, 3.63) is 78.5 Å². The molecular weight excluding hydrogens is 522 g/mol. The van der Waals surface area contributed by atoms with Crippen LogP contribution < -0.4 is 18.9 Å². The van der Waals surface area contributed by atoms with E-state index in [2.05, 4.69) is 9.71 Å². The molecule has 0 aliphatic rings. The van der Waals surface area contributed by atoms with Crippen molar-refractivity contribution in [1.82, 2.24) is 4.98 Å². The maximum atomic E-state index is 14.9. The quantitative estimate of drug-likeness (QED) is 0.276. The number of aromatic nitrogens is 1. The van der Waals surface area contributed by atoms with Crippen molar-refractivity contribution >= 4 is 32.6 Å². The third-order valence-corrected chi connectivity index (χ3v) is 6.58. The molecule has 1 heterocycles. The van der Waals surface area contributed by atoms with Crippen LogP contribution in [0.15, 0.2) is 71.8 Å². The second-order valence-corrected chi connectivity index (χ2v) is 9.36. The maximum Gasteiger partial charge on any atom is 0.344 e. The molecule has 12 heteroatoms. The van der Waals surface area contributed by atoms with Crippen LogP contribution in [0.3, 0.4) is 0 Å². The van der Waals surface area contributed by atoms with Crippen LogP contribution in [0.2, 0.25) is 0 Å². The van der Waals surface area contributed by atoms with Crippen LogP contribution in [-0.4, -0.2) is 39.7 Å². The first-order chi connectivity index (χ1) is 18.2. The Morgan fingerprint density at radius 3 is 2.45 bits per heavy atom. The van der Waals surface area contributed by atoms with Gasteiger partial charge in [-0.1, -0.05) is 12.1 Å². The molecule has 3 aromatic carbocycles. The molecule has 0 bridgehead atoms. The number of carbonyl (C=O) groups is 1. The molecule has 1 N–H and O–H groups in total. The summed E-state index contributed by atoms with van der Waals surface area (Å²) in [5.74, 6) is -1.81. The first-order valence-corrected chi connectivity index (χ1v) is 12.7. The van der Waals surface area contributed by atoms with Gasteiger partial charge in [0.2, 0.25) is 0 Å². The summed E-state index contributed by atoms with van der Waals surface area (Å²) in [6.07, 6.45) is 1.44. The van der Waals surface area contributed by atoms with Gasteiger partial charge in [-0.05, 0) is 43.3 Å². The number of esters is 1. The summed E-state index contributed by atoms with van der Waals surface area (Å²) >= 11 is 0. The smallest absolute Gasteiger partial charge is 0.344 e. The summed E-state index contributed by atoms with van der Waals surface area (Å²) in [6.45, 7) is 1.57. The average Bonchev–Trinajstić information content (AvgIpc) is 2.88. The predicted molar refractivity (Wildman–Crippen MR) is 134 cm³/mol. The van der Waals surface area contributed by atoms with Gasteiger partial charge in [-0.15, -0.1) is 0 Å². The zero-order valence-electron chi connectivity index (χ0n) is 20.2. The zero-order valence-corrected chi connectivity index (χ0v) is 21.1. The Labute approximate surface area is 217 Å². The van der Waals surface area contributed by atoms with Crippen molar-refractivity contribution in [2.75, 3.05) is 25.0 Å². The Morgan fingerprint density at radius 1 is 0.947 bits per heavy atom. The molecule has 198 valence electrons. The number of nitrogens with zero attached hydrogens (tertiary/aromatic N) is 1. The van der Waals surface area contributed by atoms with Crippen LogP contribution in [0.25, 0.3) is 10.9 Å². The molecule has 0 aliphatic carbocycles. The molecule has 4 rings (SSSR count). The number of anilines is 1. The first kappa shape index (κ1) is 26.6. The average molecular weight is 545 g/mol. The van der Waals surface area contributed by atoms with Crippen LogP contribution in [-0.2, 0) is 19.6 Å². The molecule has 0 unspecified atom stereocenters. The van der Waals surface area contributed by atoms with E-state index in [0.29, 0.717) is 10.9 Å². The van der Waals surface area contributed by atoms with E-state index < -0.39 is 32.5 Å². The van der Waals surface area contributed by atoms with E-state index in [9.17, 15) is 22.0 Å². The van der Waals surface area contributed by atoms with Crippen molar-refractivity contribution < 1.29 is 40.9 Å². The molecule has 4 aromatic rings. The van der Waals surface area contributed by atoms with Gasteiger partial charge in [0.25, 0.3) is 10.0 Å². The molecule has 0 aliphatic heterocycles. The van der Waals surface area contributed by atoms with E-state index in [-0.39, 0.29) is 41.9 Å². The van der Waals surface area contributed by atoms with Crippen molar-refractivity contribution in [1.29, 1.82) is 0 Å². The number of carbonyl (C=O) groups excluding carboxylic acids is 1. The number of sulfonamides is 1. The number of halogens is 2. The van der Waals surface area contributed by atoms with Crippen molar-refractivity contribution in [3.63, 3.8) is 0 Å². The topological polar surface area (TPSA) is 113 Å². The minimum Gasteiger partial charge on any atom is -0.493 e. The van der Waals surface area contributed by atoms with Crippen LogP contribution in [0.1, 0.15) is 6.92 Å². The molecule has 38 heavy (non-hydrogen) atoms. The maximum absolute atomic E-state index is 14.9. The van der Waals surface area contributed by atoms with Crippen LogP contribution in [0, 0.1) is 11.6 Å². The van der Waals surface area contributed by atoms with Gasteiger partial charge in [0, 0.05) is 23.7 Å². The Hall–Kier alpha value is -4.45. The summed E-state index contributed by atoms with van der Waals surface area (Å²) in [6, 6.07) is 12.9.